The number of amides is 1. The number of ether oxygens (including phenoxy) is 1. The molecule has 1 N–H and O–H groups in total. The van der Waals surface area contributed by atoms with E-state index in [4.69, 9.17) is 4.74 Å². The Labute approximate surface area is 186 Å². The molecule has 1 saturated heterocycles. The Morgan fingerprint density at radius 2 is 1.91 bits per heavy atom. The van der Waals surface area contributed by atoms with E-state index in [9.17, 15) is 14.0 Å². The quantitative estimate of drug-likeness (QED) is 0.700. The van der Waals surface area contributed by atoms with Gasteiger partial charge in [0.05, 0.1) is 16.9 Å². The van der Waals surface area contributed by atoms with Crippen molar-refractivity contribution in [3.63, 3.8) is 0 Å². The lowest BCUT2D eigenvalue weighted by Gasteiger charge is -2.34. The fraction of sp³-hybridized carbons (Fsp3) is 0.320. The number of halogens is 1. The van der Waals surface area contributed by atoms with Crippen LogP contribution in [0.4, 0.5) is 15.8 Å². The summed E-state index contributed by atoms with van der Waals surface area (Å²) in [6, 6.07) is 7.58. The number of anilines is 2. The second kappa shape index (κ2) is 9.77. The molecule has 1 aromatic heterocycles. The van der Waals surface area contributed by atoms with Crippen LogP contribution in [0, 0.1) is 11.7 Å². The zero-order valence-corrected chi connectivity index (χ0v) is 18.0. The predicted molar refractivity (Wildman–Crippen MR) is 121 cm³/mol. The predicted octanol–water partition coefficient (Wildman–Crippen LogP) is 4.51. The van der Waals surface area contributed by atoms with Gasteiger partial charge >= 0.3 is 5.97 Å². The summed E-state index contributed by atoms with van der Waals surface area (Å²) in [5, 5.41) is 2.81. The first-order chi connectivity index (χ1) is 15.5. The van der Waals surface area contributed by atoms with E-state index in [2.05, 4.69) is 22.1 Å². The molecule has 0 spiro atoms. The first kappa shape index (κ1) is 21.7. The number of hydrogen-bond acceptors (Lipinski definition) is 5. The number of nitrogens with zero attached hydrogens (tertiary/aromatic N) is 2. The van der Waals surface area contributed by atoms with Crippen molar-refractivity contribution in [3.8, 4) is 0 Å². The highest BCUT2D eigenvalue weighted by Crippen LogP contribution is 2.31. The van der Waals surface area contributed by atoms with Crippen molar-refractivity contribution in [2.45, 2.75) is 32.3 Å². The van der Waals surface area contributed by atoms with Crippen molar-refractivity contribution in [2.75, 3.05) is 23.3 Å². The summed E-state index contributed by atoms with van der Waals surface area (Å²) in [6.07, 6.45) is 10.9. The third-order valence-corrected chi connectivity index (χ3v) is 5.71. The molecule has 166 valence electrons. The van der Waals surface area contributed by atoms with Crippen LogP contribution in [0.3, 0.4) is 0 Å². The minimum atomic E-state index is -0.425. The summed E-state index contributed by atoms with van der Waals surface area (Å²) >= 11 is 0. The van der Waals surface area contributed by atoms with E-state index in [1.807, 2.05) is 18.2 Å². The molecule has 1 atom stereocenters. The molecule has 1 fully saturated rings. The molecule has 32 heavy (non-hydrogen) atoms. The van der Waals surface area contributed by atoms with Gasteiger partial charge in [0.1, 0.15) is 11.9 Å². The van der Waals surface area contributed by atoms with Crippen LogP contribution in [0.1, 0.15) is 36.5 Å². The van der Waals surface area contributed by atoms with Crippen molar-refractivity contribution < 1.29 is 18.7 Å². The summed E-state index contributed by atoms with van der Waals surface area (Å²) in [7, 11) is 0. The molecule has 0 radical (unpaired) electrons. The molecular weight excluding hydrogens is 409 g/mol. The summed E-state index contributed by atoms with van der Waals surface area (Å²) in [4.78, 5) is 31.0. The zero-order chi connectivity index (χ0) is 22.5. The molecule has 1 aromatic carbocycles. The Kier molecular flexibility index (Phi) is 6.63. The molecule has 2 aromatic rings. The van der Waals surface area contributed by atoms with E-state index in [-0.39, 0.29) is 18.0 Å². The monoisotopic (exact) mass is 435 g/mol. The average molecular weight is 435 g/mol. The summed E-state index contributed by atoms with van der Waals surface area (Å²) in [5.74, 6) is -0.696. The topological polar surface area (TPSA) is 71.5 Å². The first-order valence-electron chi connectivity index (χ1n) is 10.8. The van der Waals surface area contributed by atoms with Crippen LogP contribution in [0.15, 0.2) is 66.5 Å². The lowest BCUT2D eigenvalue weighted by atomic mass is 9.98. The van der Waals surface area contributed by atoms with Crippen LogP contribution in [0.25, 0.3) is 0 Å². The fourth-order valence-corrected chi connectivity index (χ4v) is 3.99. The molecule has 0 bridgehead atoms. The molecule has 2 heterocycles. The molecule has 0 saturated carbocycles. The maximum atomic E-state index is 13.9. The second-order valence-corrected chi connectivity index (χ2v) is 8.18. The highest BCUT2D eigenvalue weighted by molar-refractivity contribution is 6.05. The van der Waals surface area contributed by atoms with Gasteiger partial charge in [0.25, 0.3) is 5.91 Å². The largest absolute Gasteiger partial charge is 0.459 e. The van der Waals surface area contributed by atoms with Crippen LogP contribution < -0.4 is 10.2 Å². The van der Waals surface area contributed by atoms with Crippen molar-refractivity contribution in [1.82, 2.24) is 4.98 Å². The number of aromatic nitrogens is 1. The number of allylic oxidation sites excluding steroid dienone is 2. The molecular formula is C25H26FN3O3. The fourth-order valence-electron chi connectivity index (χ4n) is 3.99. The Morgan fingerprint density at radius 3 is 2.62 bits per heavy atom. The number of esters is 1. The normalized spacial score (nSPS) is 18.8. The van der Waals surface area contributed by atoms with Gasteiger partial charge in [-0.25, -0.2) is 9.18 Å². The highest BCUT2D eigenvalue weighted by atomic mass is 19.1. The number of piperidine rings is 1. The molecule has 6 nitrogen and oxygen atoms in total. The number of nitrogens with one attached hydrogen (secondary N) is 1. The second-order valence-electron chi connectivity index (χ2n) is 8.18. The van der Waals surface area contributed by atoms with Gasteiger partial charge in [-0.2, -0.15) is 0 Å². The Balaban J connectivity index is 1.40. The lowest BCUT2D eigenvalue weighted by Crippen LogP contribution is -2.38. The number of benzene rings is 1. The Hall–Kier alpha value is -3.48. The average Bonchev–Trinajstić information content (AvgIpc) is 2.80. The van der Waals surface area contributed by atoms with E-state index >= 15 is 0 Å². The van der Waals surface area contributed by atoms with Crippen LogP contribution in [0.5, 0.6) is 0 Å². The van der Waals surface area contributed by atoms with Gasteiger partial charge in [-0.1, -0.05) is 25.2 Å². The zero-order valence-electron chi connectivity index (χ0n) is 18.0. The molecule has 1 unspecified atom stereocenters. The van der Waals surface area contributed by atoms with Gasteiger partial charge in [-0.15, -0.1) is 0 Å². The van der Waals surface area contributed by atoms with Gasteiger partial charge in [0, 0.05) is 43.9 Å². The van der Waals surface area contributed by atoms with Gasteiger partial charge in [-0.3, -0.25) is 9.78 Å². The molecule has 7 heteroatoms. The molecule has 2 aliphatic rings. The first-order valence-corrected chi connectivity index (χ1v) is 10.8. The molecule has 1 aliphatic heterocycles. The van der Waals surface area contributed by atoms with Gasteiger partial charge in [0.2, 0.25) is 0 Å². The number of carbonyl (C=O) groups is 2. The highest BCUT2D eigenvalue weighted by Gasteiger charge is 2.25. The Bertz CT molecular complexity index is 1040. The van der Waals surface area contributed by atoms with Gasteiger partial charge in [-0.05, 0) is 42.7 Å². The smallest absolute Gasteiger partial charge is 0.338 e. The van der Waals surface area contributed by atoms with Crippen LogP contribution >= 0.6 is 0 Å². The van der Waals surface area contributed by atoms with Gasteiger partial charge in [0.15, 0.2) is 0 Å². The molecule has 4 rings (SSSR count). The van der Waals surface area contributed by atoms with E-state index in [0.717, 1.165) is 12.1 Å². The number of rotatable bonds is 5. The summed E-state index contributed by atoms with van der Waals surface area (Å²) in [5.41, 5.74) is 2.21. The lowest BCUT2D eigenvalue weighted by molar-refractivity contribution is -0.144. The number of carbonyl (C=O) groups excluding carboxylic acids is 2. The van der Waals surface area contributed by atoms with Crippen molar-refractivity contribution >= 4 is 23.3 Å². The maximum absolute atomic E-state index is 13.9. The van der Waals surface area contributed by atoms with E-state index < -0.39 is 5.82 Å². The standard InChI is InChI=1S/C25H26FN3O3/c1-17-3-2-4-19(15-17)25(31)32-21-9-13-29(14-10-21)23-6-5-20(26)16-22(23)28-24(30)18-7-11-27-12-8-18/h2,4-8,11-12,15-17,21H,3,9-10,13-14H2,1H3,(H,28,30). The third-order valence-electron chi connectivity index (χ3n) is 5.71. The third kappa shape index (κ3) is 5.22. The number of pyridine rings is 1. The summed E-state index contributed by atoms with van der Waals surface area (Å²) in [6.45, 7) is 3.34. The van der Waals surface area contributed by atoms with E-state index in [1.165, 1.54) is 24.5 Å². The number of hydrogen-bond donors (Lipinski definition) is 1. The SMILES string of the molecule is CC1C=C(C(=O)OC2CCN(c3ccc(F)cc3NC(=O)c3ccncc3)CC2)C=CC1. The van der Waals surface area contributed by atoms with Crippen LogP contribution in [-0.4, -0.2) is 36.1 Å². The van der Waals surface area contributed by atoms with Crippen LogP contribution in [0.2, 0.25) is 0 Å². The Morgan fingerprint density at radius 1 is 1.16 bits per heavy atom. The van der Waals surface area contributed by atoms with Gasteiger partial charge < -0.3 is 15.0 Å². The van der Waals surface area contributed by atoms with Crippen molar-refractivity contribution in [2.24, 2.45) is 5.92 Å². The van der Waals surface area contributed by atoms with E-state index in [1.54, 1.807) is 18.2 Å². The summed E-state index contributed by atoms with van der Waals surface area (Å²) < 4.78 is 19.6. The maximum Gasteiger partial charge on any atom is 0.338 e. The van der Waals surface area contributed by atoms with E-state index in [0.29, 0.717) is 48.7 Å². The van der Waals surface area contributed by atoms with Crippen LogP contribution in [-0.2, 0) is 9.53 Å². The van der Waals surface area contributed by atoms with Crippen molar-refractivity contribution in [3.05, 3.63) is 77.9 Å². The van der Waals surface area contributed by atoms with Crippen molar-refractivity contribution in [1.29, 1.82) is 0 Å². The minimum absolute atomic E-state index is 0.166. The minimum Gasteiger partial charge on any atom is -0.459 e. The molecule has 1 aliphatic carbocycles. The molecule has 1 amide bonds.